The molecular weight excluding hydrogens is 459 g/mol. The molecule has 1 saturated heterocycles. The summed E-state index contributed by atoms with van der Waals surface area (Å²) in [6, 6.07) is 14.5. The molecule has 2 atom stereocenters. The van der Waals surface area contributed by atoms with Gasteiger partial charge in [-0.3, -0.25) is 0 Å². The number of halogens is 1. The number of nitrogens with one attached hydrogen (secondary N) is 1. The van der Waals surface area contributed by atoms with Crippen LogP contribution in [0.5, 0.6) is 0 Å². The van der Waals surface area contributed by atoms with Crippen LogP contribution in [0.25, 0.3) is 10.5 Å². The highest BCUT2D eigenvalue weighted by molar-refractivity contribution is 7.90. The Bertz CT molecular complexity index is 1110. The lowest BCUT2D eigenvalue weighted by atomic mass is 9.99. The Hall–Kier alpha value is -3.05. The zero-order valence-corrected chi connectivity index (χ0v) is 20.7. The fourth-order valence-electron chi connectivity index (χ4n) is 4.09. The number of rotatable bonds is 11. The first-order valence-corrected chi connectivity index (χ1v) is 12.3. The van der Waals surface area contributed by atoms with Crippen molar-refractivity contribution in [3.05, 3.63) is 89.9 Å². The average Bonchev–Trinajstić information content (AvgIpc) is 3.30. The number of thiol groups is 1. The summed E-state index contributed by atoms with van der Waals surface area (Å²) < 4.78 is 14.4. The van der Waals surface area contributed by atoms with Crippen molar-refractivity contribution in [1.29, 1.82) is 5.26 Å². The molecule has 1 aliphatic heterocycles. The Morgan fingerprint density at radius 3 is 2.69 bits per heavy atom. The van der Waals surface area contributed by atoms with E-state index in [9.17, 15) is 9.50 Å². The molecule has 0 radical (unpaired) electrons. The van der Waals surface area contributed by atoms with Crippen molar-refractivity contribution in [3.8, 4) is 6.07 Å². The van der Waals surface area contributed by atoms with Gasteiger partial charge in [0.05, 0.1) is 11.7 Å². The summed E-state index contributed by atoms with van der Waals surface area (Å²) in [7, 11) is 0. The molecule has 184 valence electrons. The predicted octanol–water partition coefficient (Wildman–Crippen LogP) is 4.85. The maximum Gasteiger partial charge on any atom is 0.141 e. The molecule has 2 unspecified atom stereocenters. The number of aliphatic hydroxyl groups is 1. The summed E-state index contributed by atoms with van der Waals surface area (Å²) in [6.07, 6.45) is 8.57. The van der Waals surface area contributed by atoms with Gasteiger partial charge in [-0.15, -0.1) is 12.6 Å². The second kappa shape index (κ2) is 13.1. The minimum atomic E-state index is -0.564. The van der Waals surface area contributed by atoms with Crippen LogP contribution in [-0.4, -0.2) is 36.9 Å². The molecular formula is C28H33FN4OS. The first-order valence-electron chi connectivity index (χ1n) is 11.9. The molecule has 0 bridgehead atoms. The SMILES string of the molecule is C=CNCCCC(N)C/C=C/C(=C(\S)c1ccc(N2CCC(O)C2)cc1)c1ccc(C#N)c(F)c1. The van der Waals surface area contributed by atoms with Crippen LogP contribution in [0.15, 0.2) is 67.4 Å². The number of nitriles is 1. The van der Waals surface area contributed by atoms with Gasteiger partial charge < -0.3 is 21.1 Å². The van der Waals surface area contributed by atoms with Crippen molar-refractivity contribution in [2.75, 3.05) is 24.5 Å². The molecule has 1 heterocycles. The number of allylic oxidation sites excluding steroid dienone is 2. The molecule has 4 N–H and O–H groups in total. The van der Waals surface area contributed by atoms with Crippen molar-refractivity contribution in [2.24, 2.45) is 5.73 Å². The lowest BCUT2D eigenvalue weighted by molar-refractivity contribution is 0.198. The van der Waals surface area contributed by atoms with Crippen LogP contribution < -0.4 is 16.0 Å². The molecule has 0 saturated carbocycles. The molecule has 7 heteroatoms. The summed E-state index contributed by atoms with van der Waals surface area (Å²) >= 11 is 4.81. The van der Waals surface area contributed by atoms with Crippen LogP contribution in [0.2, 0.25) is 0 Å². The van der Waals surface area contributed by atoms with E-state index >= 15 is 0 Å². The summed E-state index contributed by atoms with van der Waals surface area (Å²) in [4.78, 5) is 2.85. The Labute approximate surface area is 212 Å². The van der Waals surface area contributed by atoms with E-state index < -0.39 is 5.82 Å². The van der Waals surface area contributed by atoms with Gasteiger partial charge in [0, 0.05) is 36.3 Å². The molecule has 1 aliphatic rings. The summed E-state index contributed by atoms with van der Waals surface area (Å²) in [5.41, 5.74) is 9.59. The van der Waals surface area contributed by atoms with Crippen molar-refractivity contribution in [3.63, 3.8) is 0 Å². The maximum absolute atomic E-state index is 14.4. The molecule has 35 heavy (non-hydrogen) atoms. The van der Waals surface area contributed by atoms with Crippen LogP contribution in [0.1, 0.15) is 42.4 Å². The molecule has 0 spiro atoms. The quantitative estimate of drug-likeness (QED) is 0.156. The number of nitrogens with zero attached hydrogens (tertiary/aromatic N) is 2. The van der Waals surface area contributed by atoms with Crippen LogP contribution in [0, 0.1) is 17.1 Å². The average molecular weight is 493 g/mol. The van der Waals surface area contributed by atoms with E-state index in [1.54, 1.807) is 12.3 Å². The highest BCUT2D eigenvalue weighted by Crippen LogP contribution is 2.33. The predicted molar refractivity (Wildman–Crippen MR) is 145 cm³/mol. The Balaban J connectivity index is 1.84. The monoisotopic (exact) mass is 492 g/mol. The van der Waals surface area contributed by atoms with E-state index in [0.29, 0.717) is 23.4 Å². The number of β-amino-alcohol motifs (C(OH)–C–C–N with tert-alkyl or cyclic N) is 1. The summed E-state index contributed by atoms with van der Waals surface area (Å²) in [6.45, 7) is 5.93. The first kappa shape index (κ1) is 26.6. The minimum absolute atomic E-state index is 0.00473. The van der Waals surface area contributed by atoms with Gasteiger partial charge in [-0.05, 0) is 72.8 Å². The molecule has 2 aromatic carbocycles. The van der Waals surface area contributed by atoms with E-state index in [-0.39, 0.29) is 17.7 Å². The van der Waals surface area contributed by atoms with E-state index in [1.165, 1.54) is 12.1 Å². The van der Waals surface area contributed by atoms with Crippen molar-refractivity contribution >= 4 is 28.8 Å². The van der Waals surface area contributed by atoms with Gasteiger partial charge in [-0.2, -0.15) is 5.26 Å². The third kappa shape index (κ3) is 7.46. The fraction of sp³-hybridized carbons (Fsp3) is 0.321. The molecule has 0 amide bonds. The smallest absolute Gasteiger partial charge is 0.141 e. The number of hydrogen-bond acceptors (Lipinski definition) is 6. The Kier molecular flexibility index (Phi) is 9.98. The standard InChI is InChI=1S/C28H33FN4OS/c1-2-32-15-4-6-23(31)5-3-7-26(21-8-9-22(18-30)27(29)17-21)28(35)20-10-12-24(13-11-20)33-16-14-25(34)19-33/h2-3,7-13,17,23,25,32,34-35H,1,4-6,14-16,19,31H2/b7-3+,28-26+. The van der Waals surface area contributed by atoms with Crippen molar-refractivity contribution in [2.45, 2.75) is 37.8 Å². The normalized spacial score (nSPS) is 17.2. The molecule has 2 aromatic rings. The van der Waals surface area contributed by atoms with Gasteiger partial charge >= 0.3 is 0 Å². The third-order valence-corrected chi connectivity index (χ3v) is 6.59. The van der Waals surface area contributed by atoms with E-state index in [2.05, 4.69) is 16.8 Å². The second-order valence-electron chi connectivity index (χ2n) is 8.70. The topological polar surface area (TPSA) is 85.3 Å². The van der Waals surface area contributed by atoms with E-state index in [0.717, 1.165) is 49.2 Å². The number of anilines is 1. The lowest BCUT2D eigenvalue weighted by Gasteiger charge is -2.18. The molecule has 3 rings (SSSR count). The maximum atomic E-state index is 14.4. The third-order valence-electron chi connectivity index (χ3n) is 6.09. The van der Waals surface area contributed by atoms with Crippen LogP contribution >= 0.6 is 12.6 Å². The number of nitrogens with two attached hydrogens (primary N) is 1. The first-order chi connectivity index (χ1) is 16.9. The zero-order valence-electron chi connectivity index (χ0n) is 19.8. The van der Waals surface area contributed by atoms with Gasteiger partial charge in [-0.25, -0.2) is 4.39 Å². The number of hydrogen-bond donors (Lipinski definition) is 4. The lowest BCUT2D eigenvalue weighted by Crippen LogP contribution is -2.20. The van der Waals surface area contributed by atoms with Crippen molar-refractivity contribution < 1.29 is 9.50 Å². The van der Waals surface area contributed by atoms with E-state index in [4.69, 9.17) is 23.6 Å². The molecule has 1 fully saturated rings. The van der Waals surface area contributed by atoms with Gasteiger partial charge in [0.15, 0.2) is 0 Å². The highest BCUT2D eigenvalue weighted by atomic mass is 32.1. The Morgan fingerprint density at radius 1 is 1.31 bits per heavy atom. The van der Waals surface area contributed by atoms with Gasteiger partial charge in [-0.1, -0.05) is 36.9 Å². The largest absolute Gasteiger partial charge is 0.391 e. The Morgan fingerprint density at radius 2 is 2.06 bits per heavy atom. The van der Waals surface area contributed by atoms with Crippen LogP contribution in [0.3, 0.4) is 0 Å². The fourth-order valence-corrected chi connectivity index (χ4v) is 4.45. The van der Waals surface area contributed by atoms with E-state index in [1.807, 2.05) is 42.5 Å². The van der Waals surface area contributed by atoms with Crippen LogP contribution in [-0.2, 0) is 0 Å². The highest BCUT2D eigenvalue weighted by Gasteiger charge is 2.20. The summed E-state index contributed by atoms with van der Waals surface area (Å²) in [5.74, 6) is -0.564. The van der Waals surface area contributed by atoms with Crippen LogP contribution in [0.4, 0.5) is 10.1 Å². The molecule has 0 aromatic heterocycles. The molecule has 5 nitrogen and oxygen atoms in total. The zero-order chi connectivity index (χ0) is 25.2. The van der Waals surface area contributed by atoms with Gasteiger partial charge in [0.2, 0.25) is 0 Å². The minimum Gasteiger partial charge on any atom is -0.391 e. The van der Waals surface area contributed by atoms with Gasteiger partial charge in [0.25, 0.3) is 0 Å². The van der Waals surface area contributed by atoms with Crippen molar-refractivity contribution in [1.82, 2.24) is 5.32 Å². The number of benzene rings is 2. The summed E-state index contributed by atoms with van der Waals surface area (Å²) in [5, 5.41) is 22.0. The number of aliphatic hydroxyl groups excluding tert-OH is 1. The molecule has 0 aliphatic carbocycles. The second-order valence-corrected chi connectivity index (χ2v) is 9.15. The van der Waals surface area contributed by atoms with Gasteiger partial charge in [0.1, 0.15) is 11.9 Å².